The molecule has 0 radical (unpaired) electrons. The van der Waals surface area contributed by atoms with Gasteiger partial charge in [0.1, 0.15) is 12.7 Å². The minimum atomic E-state index is -1.19. The minimum Gasteiger partial charge on any atom is -0.481 e. The molecule has 0 heterocycles. The zero-order chi connectivity index (χ0) is 15.1. The third-order valence-corrected chi connectivity index (χ3v) is 1.07. The van der Waals surface area contributed by atoms with E-state index in [4.69, 9.17) is 25.2 Å². The summed E-state index contributed by atoms with van der Waals surface area (Å²) in [7, 11) is 0. The van der Waals surface area contributed by atoms with Gasteiger partial charge in [-0.15, -0.1) is 0 Å². The Morgan fingerprint density at radius 1 is 1.11 bits per heavy atom. The van der Waals surface area contributed by atoms with Crippen molar-refractivity contribution in [3.05, 3.63) is 0 Å². The highest BCUT2D eigenvalue weighted by Gasteiger charge is 2.07. The Morgan fingerprint density at radius 3 is 1.50 bits per heavy atom. The summed E-state index contributed by atoms with van der Waals surface area (Å²) in [6.45, 7) is 4.21. The minimum absolute atomic E-state index is 0.222. The normalized spacial score (nSPS) is 9.83. The first-order valence-corrected chi connectivity index (χ1v) is 5.11. The molecule has 0 aliphatic carbocycles. The van der Waals surface area contributed by atoms with E-state index in [0.717, 1.165) is 0 Å². The fraction of sp³-hybridized carbons (Fsp3) is 0.700. The van der Waals surface area contributed by atoms with E-state index in [1.165, 1.54) is 6.92 Å². The molecule has 0 aliphatic rings. The van der Waals surface area contributed by atoms with Crippen LogP contribution in [0.15, 0.2) is 0 Å². The molecule has 8 nitrogen and oxygen atoms in total. The largest absolute Gasteiger partial charge is 0.481 e. The van der Waals surface area contributed by atoms with Crippen LogP contribution in [0.5, 0.6) is 0 Å². The SMILES string of the molecule is CCC(=O)O.CCOC(=O)C(C)O.O=C(O)CO. The molecule has 1 atom stereocenters. The van der Waals surface area contributed by atoms with Crippen LogP contribution in [-0.2, 0) is 19.1 Å². The second-order valence-corrected chi connectivity index (χ2v) is 2.73. The van der Waals surface area contributed by atoms with Gasteiger partial charge in [-0.05, 0) is 13.8 Å². The molecule has 0 fully saturated rings. The number of rotatable bonds is 4. The standard InChI is InChI=1S/C5H10O3.C3H6O2.C2H4O3/c1-3-8-5(7)4(2)6;1-2-3(4)5;3-1-2(4)5/h4,6H,3H2,1-2H3;2H2,1H3,(H,4,5);3H,1H2,(H,4,5). The summed E-state index contributed by atoms with van der Waals surface area (Å²) in [5.41, 5.74) is 0. The van der Waals surface area contributed by atoms with Gasteiger partial charge < -0.3 is 25.2 Å². The van der Waals surface area contributed by atoms with Gasteiger partial charge >= 0.3 is 17.9 Å². The zero-order valence-corrected chi connectivity index (χ0v) is 10.6. The third kappa shape index (κ3) is 29.3. The number of carboxylic acid groups (broad SMARTS) is 2. The molecule has 0 saturated heterocycles. The molecule has 0 bridgehead atoms. The van der Waals surface area contributed by atoms with Crippen molar-refractivity contribution in [1.29, 1.82) is 0 Å². The van der Waals surface area contributed by atoms with E-state index in [9.17, 15) is 9.59 Å². The van der Waals surface area contributed by atoms with Crippen LogP contribution in [0.25, 0.3) is 0 Å². The first-order valence-electron chi connectivity index (χ1n) is 5.11. The fourth-order valence-corrected chi connectivity index (χ4v) is 0.263. The molecule has 0 aromatic rings. The van der Waals surface area contributed by atoms with E-state index in [1.54, 1.807) is 13.8 Å². The lowest BCUT2D eigenvalue weighted by atomic mass is 10.4. The summed E-state index contributed by atoms with van der Waals surface area (Å²) in [5, 5.41) is 31.2. The molecule has 0 rings (SSSR count). The Labute approximate surface area is 105 Å². The maximum atomic E-state index is 10.3. The van der Waals surface area contributed by atoms with Crippen molar-refractivity contribution in [3.63, 3.8) is 0 Å². The summed E-state index contributed by atoms with van der Waals surface area (Å²) in [5.74, 6) is -2.50. The van der Waals surface area contributed by atoms with Crippen molar-refractivity contribution in [2.45, 2.75) is 33.3 Å². The average molecular weight is 268 g/mol. The predicted molar refractivity (Wildman–Crippen MR) is 61.0 cm³/mol. The van der Waals surface area contributed by atoms with E-state index in [1.807, 2.05) is 0 Å². The molecular weight excluding hydrogens is 248 g/mol. The van der Waals surface area contributed by atoms with Gasteiger partial charge in [-0.3, -0.25) is 4.79 Å². The highest BCUT2D eigenvalue weighted by molar-refractivity contribution is 5.73. The quantitative estimate of drug-likeness (QED) is 0.499. The van der Waals surface area contributed by atoms with Crippen LogP contribution < -0.4 is 0 Å². The van der Waals surface area contributed by atoms with Gasteiger partial charge in [0.2, 0.25) is 0 Å². The van der Waals surface area contributed by atoms with Gasteiger partial charge in [-0.25, -0.2) is 9.59 Å². The van der Waals surface area contributed by atoms with Crippen LogP contribution in [0.4, 0.5) is 0 Å². The van der Waals surface area contributed by atoms with E-state index in [0.29, 0.717) is 6.61 Å². The number of carbonyl (C=O) groups is 3. The van der Waals surface area contributed by atoms with Gasteiger partial charge in [0.05, 0.1) is 6.61 Å². The number of carbonyl (C=O) groups excluding carboxylic acids is 1. The molecule has 0 aliphatic heterocycles. The Kier molecular flexibility index (Phi) is 18.4. The van der Waals surface area contributed by atoms with Crippen molar-refractivity contribution in [2.75, 3.05) is 13.2 Å². The van der Waals surface area contributed by atoms with Crippen molar-refractivity contribution in [2.24, 2.45) is 0 Å². The third-order valence-electron chi connectivity index (χ3n) is 1.07. The van der Waals surface area contributed by atoms with Crippen LogP contribution in [0, 0.1) is 0 Å². The molecule has 0 aromatic heterocycles. The number of hydrogen-bond acceptors (Lipinski definition) is 6. The molecule has 1 unspecified atom stereocenters. The van der Waals surface area contributed by atoms with Gasteiger partial charge in [0.15, 0.2) is 0 Å². The number of carboxylic acids is 2. The van der Waals surface area contributed by atoms with Gasteiger partial charge in [0, 0.05) is 6.42 Å². The Bertz CT molecular complexity index is 222. The zero-order valence-electron chi connectivity index (χ0n) is 10.6. The van der Waals surface area contributed by atoms with Crippen molar-refractivity contribution >= 4 is 17.9 Å². The van der Waals surface area contributed by atoms with E-state index < -0.39 is 30.6 Å². The number of aliphatic carboxylic acids is 2. The van der Waals surface area contributed by atoms with Gasteiger partial charge in [0.25, 0.3) is 0 Å². The van der Waals surface area contributed by atoms with Crippen molar-refractivity contribution in [3.8, 4) is 0 Å². The lowest BCUT2D eigenvalue weighted by Gasteiger charge is -2.01. The summed E-state index contributed by atoms with van der Waals surface area (Å²) in [6.07, 6.45) is -0.769. The molecular formula is C10H20O8. The Morgan fingerprint density at radius 2 is 1.44 bits per heavy atom. The lowest BCUT2D eigenvalue weighted by Crippen LogP contribution is -2.18. The van der Waals surface area contributed by atoms with Gasteiger partial charge in [-0.1, -0.05) is 6.92 Å². The molecule has 8 heteroatoms. The molecule has 18 heavy (non-hydrogen) atoms. The van der Waals surface area contributed by atoms with Crippen LogP contribution in [0.2, 0.25) is 0 Å². The predicted octanol–water partition coefficient (Wildman–Crippen LogP) is -0.525. The first kappa shape index (κ1) is 21.6. The number of aliphatic hydroxyl groups is 2. The summed E-state index contributed by atoms with van der Waals surface area (Å²) in [4.78, 5) is 28.8. The molecule has 108 valence electrons. The van der Waals surface area contributed by atoms with Crippen LogP contribution >= 0.6 is 0 Å². The molecule has 0 amide bonds. The van der Waals surface area contributed by atoms with Gasteiger partial charge in [-0.2, -0.15) is 0 Å². The fourth-order valence-electron chi connectivity index (χ4n) is 0.263. The molecule has 0 spiro atoms. The number of hydrogen-bond donors (Lipinski definition) is 4. The highest BCUT2D eigenvalue weighted by atomic mass is 16.5. The summed E-state index contributed by atoms with van der Waals surface area (Å²) < 4.78 is 4.41. The lowest BCUT2D eigenvalue weighted by molar-refractivity contribution is -0.152. The monoisotopic (exact) mass is 268 g/mol. The Hall–Kier alpha value is -1.67. The second kappa shape index (κ2) is 15.3. The number of aliphatic hydroxyl groups excluding tert-OH is 2. The Balaban J connectivity index is -0.000000197. The molecule has 4 N–H and O–H groups in total. The molecule has 0 saturated carbocycles. The van der Waals surface area contributed by atoms with Crippen LogP contribution in [0.1, 0.15) is 27.2 Å². The summed E-state index contributed by atoms with van der Waals surface area (Å²) >= 11 is 0. The van der Waals surface area contributed by atoms with E-state index in [-0.39, 0.29) is 6.42 Å². The second-order valence-electron chi connectivity index (χ2n) is 2.73. The van der Waals surface area contributed by atoms with E-state index >= 15 is 0 Å². The van der Waals surface area contributed by atoms with Crippen LogP contribution in [-0.4, -0.2) is 57.7 Å². The van der Waals surface area contributed by atoms with Crippen LogP contribution in [0.3, 0.4) is 0 Å². The number of esters is 1. The summed E-state index contributed by atoms with van der Waals surface area (Å²) in [6, 6.07) is 0. The topological polar surface area (TPSA) is 141 Å². The molecule has 0 aromatic carbocycles. The average Bonchev–Trinajstić information content (AvgIpc) is 2.30. The maximum absolute atomic E-state index is 10.3. The first-order chi connectivity index (χ1) is 8.22. The van der Waals surface area contributed by atoms with Crippen molar-refractivity contribution < 1.29 is 39.5 Å². The van der Waals surface area contributed by atoms with E-state index in [2.05, 4.69) is 4.74 Å². The number of ether oxygens (including phenoxy) is 1. The smallest absolute Gasteiger partial charge is 0.334 e. The highest BCUT2D eigenvalue weighted by Crippen LogP contribution is 1.84. The maximum Gasteiger partial charge on any atom is 0.334 e. The van der Waals surface area contributed by atoms with Crippen molar-refractivity contribution in [1.82, 2.24) is 0 Å².